The molecule has 1 N–H and O–H groups in total. The van der Waals surface area contributed by atoms with Crippen molar-refractivity contribution in [2.75, 3.05) is 13.2 Å². The molecule has 1 spiro atoms. The van der Waals surface area contributed by atoms with Crippen molar-refractivity contribution in [1.82, 2.24) is 10.3 Å². The highest BCUT2D eigenvalue weighted by Crippen LogP contribution is 2.45. The van der Waals surface area contributed by atoms with Gasteiger partial charge in [0.15, 0.2) is 0 Å². The lowest BCUT2D eigenvalue weighted by molar-refractivity contribution is -0.167. The maximum absolute atomic E-state index is 12.2. The van der Waals surface area contributed by atoms with Gasteiger partial charge in [-0.1, -0.05) is 25.3 Å². The predicted molar refractivity (Wildman–Crippen MR) is 104 cm³/mol. The third-order valence-corrected chi connectivity index (χ3v) is 5.79. The lowest BCUT2D eigenvalue weighted by Crippen LogP contribution is -2.41. The summed E-state index contributed by atoms with van der Waals surface area (Å²) in [7, 11) is 0. The van der Waals surface area contributed by atoms with Gasteiger partial charge in [-0.2, -0.15) is 0 Å². The Bertz CT molecular complexity index is 635. The van der Waals surface area contributed by atoms with Gasteiger partial charge >= 0.3 is 5.97 Å². The van der Waals surface area contributed by atoms with Gasteiger partial charge < -0.3 is 14.8 Å². The van der Waals surface area contributed by atoms with E-state index in [-0.39, 0.29) is 18.1 Å². The molecule has 2 heterocycles. The molecule has 5 nitrogen and oxygen atoms in total. The zero-order valence-corrected chi connectivity index (χ0v) is 17.5. The fourth-order valence-corrected chi connectivity index (χ4v) is 4.42. The average Bonchev–Trinajstić information content (AvgIpc) is 2.92. The predicted octanol–water partition coefficient (Wildman–Crippen LogP) is 4.09. The van der Waals surface area contributed by atoms with E-state index in [0.717, 1.165) is 29.4 Å². The Balaban J connectivity index is 1.79. The first-order valence-corrected chi connectivity index (χ1v) is 10.2. The van der Waals surface area contributed by atoms with E-state index in [0.29, 0.717) is 6.54 Å². The smallest absolute Gasteiger partial charge is 0.332 e. The van der Waals surface area contributed by atoms with Gasteiger partial charge in [-0.25, -0.2) is 9.78 Å². The van der Waals surface area contributed by atoms with Crippen LogP contribution in [0.15, 0.2) is 22.9 Å². The number of hydrogen-bond donors (Lipinski definition) is 1. The molecule has 1 saturated carbocycles. The van der Waals surface area contributed by atoms with Gasteiger partial charge in [0, 0.05) is 30.3 Å². The van der Waals surface area contributed by atoms with Gasteiger partial charge in [-0.15, -0.1) is 0 Å². The van der Waals surface area contributed by atoms with Crippen molar-refractivity contribution in [3.8, 4) is 0 Å². The molecule has 2 aliphatic rings. The van der Waals surface area contributed by atoms with Crippen LogP contribution in [-0.2, 0) is 19.9 Å². The molecule has 1 aromatic rings. The van der Waals surface area contributed by atoms with Gasteiger partial charge in [0.25, 0.3) is 0 Å². The first kappa shape index (κ1) is 19.8. The van der Waals surface area contributed by atoms with Crippen LogP contribution in [0.25, 0.3) is 0 Å². The van der Waals surface area contributed by atoms with Crippen molar-refractivity contribution in [3.05, 3.63) is 28.5 Å². The number of pyridine rings is 1. The van der Waals surface area contributed by atoms with E-state index >= 15 is 0 Å². The summed E-state index contributed by atoms with van der Waals surface area (Å²) in [5, 5.41) is 3.73. The van der Waals surface area contributed by atoms with E-state index in [4.69, 9.17) is 9.47 Å². The first-order valence-electron chi connectivity index (χ1n) is 9.45. The van der Waals surface area contributed by atoms with Crippen LogP contribution in [0.3, 0.4) is 0 Å². The number of rotatable bonds is 4. The molecule has 1 aliphatic carbocycles. The lowest BCUT2D eigenvalue weighted by atomic mass is 9.76. The van der Waals surface area contributed by atoms with E-state index < -0.39 is 11.2 Å². The summed E-state index contributed by atoms with van der Waals surface area (Å²) < 4.78 is 12.5. The molecule has 1 aliphatic heterocycles. The molecule has 0 aromatic carbocycles. The summed E-state index contributed by atoms with van der Waals surface area (Å²) in [5.41, 5.74) is 0.0752. The van der Waals surface area contributed by atoms with Crippen LogP contribution in [0, 0.1) is 0 Å². The Morgan fingerprint density at radius 1 is 1.27 bits per heavy atom. The standard InChI is InChI=1S/C20H29BrN2O3/c1-18(2,3)26-17(24)12-25-20(15-7-8-16(21)22-11-15)13-19(23-14-20)9-5-4-6-10-19/h7-8,11,23H,4-6,9-10,12-14H2,1-3H3. The number of nitrogens with zero attached hydrogens (tertiary/aromatic N) is 1. The molecule has 0 bridgehead atoms. The second-order valence-corrected chi connectivity index (χ2v) is 9.42. The van der Waals surface area contributed by atoms with Crippen LogP contribution in [-0.4, -0.2) is 35.2 Å². The van der Waals surface area contributed by atoms with Gasteiger partial charge in [0.05, 0.1) is 0 Å². The van der Waals surface area contributed by atoms with Crippen molar-refractivity contribution in [1.29, 1.82) is 0 Å². The summed E-state index contributed by atoms with van der Waals surface area (Å²) in [6.07, 6.45) is 8.83. The first-order chi connectivity index (χ1) is 12.2. The number of carbonyl (C=O) groups excluding carboxylic acids is 1. The molecule has 1 aromatic heterocycles. The minimum Gasteiger partial charge on any atom is -0.458 e. The fraction of sp³-hybridized carbons (Fsp3) is 0.700. The Morgan fingerprint density at radius 2 is 2.00 bits per heavy atom. The summed E-state index contributed by atoms with van der Waals surface area (Å²) in [6.45, 7) is 6.25. The van der Waals surface area contributed by atoms with Crippen LogP contribution in [0.1, 0.15) is 64.9 Å². The molecule has 1 saturated heterocycles. The molecule has 0 amide bonds. The Kier molecular flexibility index (Phi) is 5.75. The van der Waals surface area contributed by atoms with E-state index in [1.165, 1.54) is 19.3 Å². The summed E-state index contributed by atoms with van der Waals surface area (Å²) in [6, 6.07) is 3.97. The van der Waals surface area contributed by atoms with E-state index in [2.05, 4.69) is 26.2 Å². The van der Waals surface area contributed by atoms with Gasteiger partial charge in [0.1, 0.15) is 22.4 Å². The molecular formula is C20H29BrN2O3. The van der Waals surface area contributed by atoms with Crippen LogP contribution < -0.4 is 5.32 Å². The molecular weight excluding hydrogens is 396 g/mol. The Morgan fingerprint density at radius 3 is 2.62 bits per heavy atom. The fourth-order valence-electron chi connectivity index (χ4n) is 4.19. The third-order valence-electron chi connectivity index (χ3n) is 5.32. The summed E-state index contributed by atoms with van der Waals surface area (Å²) in [4.78, 5) is 16.6. The number of esters is 1. The average molecular weight is 425 g/mol. The molecule has 6 heteroatoms. The minimum atomic E-state index is -0.540. The van der Waals surface area contributed by atoms with Crippen molar-refractivity contribution >= 4 is 21.9 Å². The Labute approximate surface area is 164 Å². The number of halogens is 1. The lowest BCUT2D eigenvalue weighted by Gasteiger charge is -2.36. The van der Waals surface area contributed by atoms with Crippen LogP contribution in [0.2, 0.25) is 0 Å². The SMILES string of the molecule is CC(C)(C)OC(=O)COC1(c2ccc(Br)nc2)CNC2(CCCCC2)C1. The molecule has 0 radical (unpaired) electrons. The van der Waals surface area contributed by atoms with Gasteiger partial charge in [-0.05, 0) is 55.6 Å². The van der Waals surface area contributed by atoms with E-state index in [9.17, 15) is 4.79 Å². The highest BCUT2D eigenvalue weighted by molar-refractivity contribution is 9.10. The largest absolute Gasteiger partial charge is 0.458 e. The number of carbonyl (C=O) groups is 1. The quantitative estimate of drug-likeness (QED) is 0.582. The van der Waals surface area contributed by atoms with Crippen molar-refractivity contribution < 1.29 is 14.3 Å². The molecule has 1 atom stereocenters. The zero-order chi connectivity index (χ0) is 18.8. The molecule has 3 rings (SSSR count). The molecule has 144 valence electrons. The second-order valence-electron chi connectivity index (χ2n) is 8.61. The number of hydrogen-bond acceptors (Lipinski definition) is 5. The normalized spacial score (nSPS) is 25.4. The van der Waals surface area contributed by atoms with Crippen molar-refractivity contribution in [3.63, 3.8) is 0 Å². The van der Waals surface area contributed by atoms with Crippen LogP contribution >= 0.6 is 15.9 Å². The summed E-state index contributed by atoms with van der Waals surface area (Å²) in [5.74, 6) is -0.327. The Hall–Kier alpha value is -0.980. The monoisotopic (exact) mass is 424 g/mol. The van der Waals surface area contributed by atoms with Crippen LogP contribution in [0.5, 0.6) is 0 Å². The topological polar surface area (TPSA) is 60.5 Å². The third kappa shape index (κ3) is 4.65. The summed E-state index contributed by atoms with van der Waals surface area (Å²) >= 11 is 3.40. The van der Waals surface area contributed by atoms with Crippen LogP contribution in [0.4, 0.5) is 0 Å². The number of ether oxygens (including phenoxy) is 2. The zero-order valence-electron chi connectivity index (χ0n) is 15.9. The van der Waals surface area contributed by atoms with Crippen molar-refractivity contribution in [2.45, 2.75) is 76.0 Å². The number of aromatic nitrogens is 1. The van der Waals surface area contributed by atoms with Gasteiger partial charge in [-0.3, -0.25) is 0 Å². The second kappa shape index (κ2) is 7.56. The maximum Gasteiger partial charge on any atom is 0.332 e. The van der Waals surface area contributed by atoms with Gasteiger partial charge in [0.2, 0.25) is 0 Å². The van der Waals surface area contributed by atoms with E-state index in [1.807, 2.05) is 39.1 Å². The highest BCUT2D eigenvalue weighted by Gasteiger charge is 2.50. The molecule has 1 unspecified atom stereocenters. The minimum absolute atomic E-state index is 0.0505. The molecule has 2 fully saturated rings. The number of nitrogens with one attached hydrogen (secondary N) is 1. The van der Waals surface area contributed by atoms with Crippen molar-refractivity contribution in [2.24, 2.45) is 0 Å². The van der Waals surface area contributed by atoms with E-state index in [1.54, 1.807) is 0 Å². The molecule has 26 heavy (non-hydrogen) atoms. The maximum atomic E-state index is 12.2. The highest BCUT2D eigenvalue weighted by atomic mass is 79.9.